The van der Waals surface area contributed by atoms with Gasteiger partial charge in [-0.15, -0.1) is 0 Å². The molecule has 9 heteroatoms. The third-order valence-corrected chi connectivity index (χ3v) is 6.02. The summed E-state index contributed by atoms with van der Waals surface area (Å²) in [5.74, 6) is -0.174. The van der Waals surface area contributed by atoms with Crippen molar-refractivity contribution in [2.75, 3.05) is 31.1 Å². The molecule has 1 amide bonds. The van der Waals surface area contributed by atoms with Crippen molar-refractivity contribution in [1.82, 2.24) is 19.4 Å². The van der Waals surface area contributed by atoms with Gasteiger partial charge in [-0.25, -0.2) is 9.78 Å². The van der Waals surface area contributed by atoms with Gasteiger partial charge in [0.2, 0.25) is 0 Å². The van der Waals surface area contributed by atoms with Gasteiger partial charge in [0.05, 0.1) is 21.7 Å². The van der Waals surface area contributed by atoms with E-state index in [4.69, 9.17) is 11.6 Å². The lowest BCUT2D eigenvalue weighted by Gasteiger charge is -2.36. The average Bonchev–Trinajstić information content (AvgIpc) is 3.59. The summed E-state index contributed by atoms with van der Waals surface area (Å²) in [4.78, 5) is 48.1. The molecule has 0 spiro atoms. The molecule has 3 heterocycles. The monoisotopic (exact) mass is 425 g/mol. The second kappa shape index (κ2) is 7.28. The first-order chi connectivity index (χ1) is 14.5. The van der Waals surface area contributed by atoms with Gasteiger partial charge < -0.3 is 9.80 Å². The van der Waals surface area contributed by atoms with Crippen LogP contribution in [0.4, 0.5) is 5.69 Å². The van der Waals surface area contributed by atoms with E-state index in [9.17, 15) is 14.4 Å². The Kier molecular flexibility index (Phi) is 4.58. The van der Waals surface area contributed by atoms with E-state index in [0.29, 0.717) is 42.4 Å². The van der Waals surface area contributed by atoms with E-state index in [2.05, 4.69) is 14.9 Å². The maximum Gasteiger partial charge on any atom is 0.330 e. The Bertz CT molecular complexity index is 1260. The standard InChI is InChI=1S/C21H20ClN5O3/c22-16-3-1-2-4-17(16)25-7-9-26(10-8-25)20(29)13-11-15-18(23-12-13)27(14-5-6-14)21(30)24-19(15)28/h1-4,11-12,14H,5-10H2,(H,24,28,30). The van der Waals surface area contributed by atoms with Gasteiger partial charge in [0, 0.05) is 38.4 Å². The highest BCUT2D eigenvalue weighted by molar-refractivity contribution is 6.33. The van der Waals surface area contributed by atoms with Crippen LogP contribution in [-0.4, -0.2) is 51.5 Å². The number of halogens is 1. The summed E-state index contributed by atoms with van der Waals surface area (Å²) in [5, 5.41) is 0.957. The number of hydrogen-bond acceptors (Lipinski definition) is 5. The third kappa shape index (κ3) is 3.27. The summed E-state index contributed by atoms with van der Waals surface area (Å²) < 4.78 is 1.52. The Balaban J connectivity index is 1.39. The summed E-state index contributed by atoms with van der Waals surface area (Å²) in [6, 6.07) is 9.28. The number of aromatic nitrogens is 3. The zero-order valence-corrected chi connectivity index (χ0v) is 16.9. The van der Waals surface area contributed by atoms with E-state index in [-0.39, 0.29) is 17.3 Å². The Hall–Kier alpha value is -3.13. The summed E-state index contributed by atoms with van der Waals surface area (Å²) in [6.07, 6.45) is 3.24. The maximum atomic E-state index is 13.0. The highest BCUT2D eigenvalue weighted by atomic mass is 35.5. The molecule has 1 aliphatic heterocycles. The molecular weight excluding hydrogens is 406 g/mol. The molecular formula is C21H20ClN5O3. The van der Waals surface area contributed by atoms with E-state index in [1.165, 1.54) is 10.8 Å². The lowest BCUT2D eigenvalue weighted by molar-refractivity contribution is 0.0746. The van der Waals surface area contributed by atoms with Crippen molar-refractivity contribution in [2.45, 2.75) is 18.9 Å². The molecule has 0 atom stereocenters. The van der Waals surface area contributed by atoms with Gasteiger partial charge >= 0.3 is 5.69 Å². The van der Waals surface area contributed by atoms with E-state index in [1.807, 2.05) is 24.3 Å². The van der Waals surface area contributed by atoms with Crippen LogP contribution in [0.15, 0.2) is 46.1 Å². The van der Waals surface area contributed by atoms with Gasteiger partial charge in [0.25, 0.3) is 11.5 Å². The largest absolute Gasteiger partial charge is 0.367 e. The summed E-state index contributed by atoms with van der Waals surface area (Å²) >= 11 is 6.29. The average molecular weight is 426 g/mol. The number of para-hydroxylation sites is 1. The minimum atomic E-state index is -0.516. The van der Waals surface area contributed by atoms with Crippen LogP contribution in [0.2, 0.25) is 5.02 Å². The first-order valence-corrected chi connectivity index (χ1v) is 10.3. The molecule has 2 fully saturated rings. The third-order valence-electron chi connectivity index (χ3n) is 5.70. The number of rotatable bonds is 3. The Morgan fingerprint density at radius 2 is 1.83 bits per heavy atom. The van der Waals surface area contributed by atoms with Gasteiger partial charge in [-0.2, -0.15) is 0 Å². The predicted octanol–water partition coefficient (Wildman–Crippen LogP) is 2.04. The van der Waals surface area contributed by atoms with Crippen LogP contribution in [-0.2, 0) is 0 Å². The lowest BCUT2D eigenvalue weighted by atomic mass is 10.1. The minimum Gasteiger partial charge on any atom is -0.367 e. The Morgan fingerprint density at radius 3 is 2.53 bits per heavy atom. The van der Waals surface area contributed by atoms with Gasteiger partial charge in [0.1, 0.15) is 5.65 Å². The van der Waals surface area contributed by atoms with Crippen molar-refractivity contribution in [3.63, 3.8) is 0 Å². The number of benzene rings is 1. The van der Waals surface area contributed by atoms with E-state index >= 15 is 0 Å². The number of pyridine rings is 1. The fraction of sp³-hybridized carbons (Fsp3) is 0.333. The highest BCUT2D eigenvalue weighted by Crippen LogP contribution is 2.34. The Labute approximate surface area is 176 Å². The number of carbonyl (C=O) groups excluding carboxylic acids is 1. The summed E-state index contributed by atoms with van der Waals surface area (Å²) in [5.41, 5.74) is 0.685. The van der Waals surface area contributed by atoms with E-state index < -0.39 is 11.2 Å². The molecule has 154 valence electrons. The molecule has 5 rings (SSSR count). The normalized spacial score (nSPS) is 16.8. The van der Waals surface area contributed by atoms with Gasteiger partial charge in [-0.1, -0.05) is 23.7 Å². The zero-order valence-electron chi connectivity index (χ0n) is 16.2. The molecule has 1 aromatic carbocycles. The van der Waals surface area contributed by atoms with Gasteiger partial charge in [0.15, 0.2) is 0 Å². The molecule has 1 saturated carbocycles. The molecule has 0 radical (unpaired) electrons. The molecule has 1 aliphatic carbocycles. The number of hydrogen-bond donors (Lipinski definition) is 1. The minimum absolute atomic E-state index is 0.0730. The molecule has 1 saturated heterocycles. The quantitative estimate of drug-likeness (QED) is 0.693. The Morgan fingerprint density at radius 1 is 1.10 bits per heavy atom. The molecule has 1 N–H and O–H groups in total. The second-order valence-electron chi connectivity index (χ2n) is 7.69. The van der Waals surface area contributed by atoms with Crippen LogP contribution < -0.4 is 16.1 Å². The fourth-order valence-corrected chi connectivity index (χ4v) is 4.22. The number of nitrogens with one attached hydrogen (secondary N) is 1. The number of amides is 1. The van der Waals surface area contributed by atoms with Crippen molar-refractivity contribution in [2.24, 2.45) is 0 Å². The number of anilines is 1. The van der Waals surface area contributed by atoms with Crippen molar-refractivity contribution in [3.8, 4) is 0 Å². The topological polar surface area (TPSA) is 91.3 Å². The summed E-state index contributed by atoms with van der Waals surface area (Å²) in [7, 11) is 0. The molecule has 0 unspecified atom stereocenters. The number of piperazine rings is 1. The van der Waals surface area contributed by atoms with Crippen molar-refractivity contribution < 1.29 is 4.79 Å². The number of H-pyrrole nitrogens is 1. The fourth-order valence-electron chi connectivity index (χ4n) is 3.97. The molecule has 30 heavy (non-hydrogen) atoms. The molecule has 0 bridgehead atoms. The second-order valence-corrected chi connectivity index (χ2v) is 8.09. The number of nitrogens with zero attached hydrogens (tertiary/aromatic N) is 4. The van der Waals surface area contributed by atoms with Crippen LogP contribution in [0.1, 0.15) is 29.2 Å². The predicted molar refractivity (Wildman–Crippen MR) is 114 cm³/mol. The highest BCUT2D eigenvalue weighted by Gasteiger charge is 2.28. The van der Waals surface area contributed by atoms with Crippen LogP contribution in [0.5, 0.6) is 0 Å². The molecule has 8 nitrogen and oxygen atoms in total. The molecule has 3 aromatic rings. The van der Waals surface area contributed by atoms with Crippen LogP contribution in [0.3, 0.4) is 0 Å². The number of fused-ring (bicyclic) bond motifs is 1. The van der Waals surface area contributed by atoms with Crippen molar-refractivity contribution in [1.29, 1.82) is 0 Å². The summed E-state index contributed by atoms with van der Waals surface area (Å²) in [6.45, 7) is 2.41. The van der Waals surface area contributed by atoms with Crippen molar-refractivity contribution in [3.05, 3.63) is 68.0 Å². The van der Waals surface area contributed by atoms with E-state index in [1.54, 1.807) is 11.0 Å². The van der Waals surface area contributed by atoms with Crippen LogP contribution in [0, 0.1) is 0 Å². The van der Waals surface area contributed by atoms with Crippen molar-refractivity contribution >= 4 is 34.2 Å². The number of aromatic amines is 1. The first-order valence-electron chi connectivity index (χ1n) is 9.96. The lowest BCUT2D eigenvalue weighted by Crippen LogP contribution is -2.49. The SMILES string of the molecule is O=C(c1cnc2c(c1)c(=O)[nH]c(=O)n2C1CC1)N1CCN(c2ccccc2Cl)CC1. The zero-order chi connectivity index (χ0) is 20.8. The van der Waals surface area contributed by atoms with Crippen LogP contribution in [0.25, 0.3) is 11.0 Å². The first kappa shape index (κ1) is 18.9. The molecule has 2 aromatic heterocycles. The molecule has 2 aliphatic rings. The van der Waals surface area contributed by atoms with Gasteiger partial charge in [-0.3, -0.25) is 19.1 Å². The number of carbonyl (C=O) groups is 1. The van der Waals surface area contributed by atoms with Crippen LogP contribution >= 0.6 is 11.6 Å². The smallest absolute Gasteiger partial charge is 0.330 e. The van der Waals surface area contributed by atoms with E-state index in [0.717, 1.165) is 18.5 Å². The van der Waals surface area contributed by atoms with Gasteiger partial charge in [-0.05, 0) is 31.0 Å². The maximum absolute atomic E-state index is 13.0.